The number of halogens is 1. The van der Waals surface area contributed by atoms with E-state index >= 15 is 0 Å². The van der Waals surface area contributed by atoms with Gasteiger partial charge in [0.2, 0.25) is 0 Å². The van der Waals surface area contributed by atoms with Crippen LogP contribution in [0.1, 0.15) is 24.8 Å². The van der Waals surface area contributed by atoms with Gasteiger partial charge in [-0.15, -0.1) is 0 Å². The molecule has 0 heterocycles. The molecule has 0 aliphatic heterocycles. The van der Waals surface area contributed by atoms with E-state index < -0.39 is 0 Å². The Hall–Kier alpha value is -2.36. The fourth-order valence-electron chi connectivity index (χ4n) is 2.66. The largest absolute Gasteiger partial charge is 0.490 e. The molecule has 0 aromatic heterocycles. The van der Waals surface area contributed by atoms with Gasteiger partial charge < -0.3 is 9.57 Å². The SMILES string of the molecule is C/C(=N/OCCOc1ccccc1)[C@H]1C[C@H]1c1ccc(F)cc1. The molecule has 23 heavy (non-hydrogen) atoms. The molecule has 0 N–H and O–H groups in total. The van der Waals surface area contributed by atoms with Crippen LogP contribution >= 0.6 is 0 Å². The highest BCUT2D eigenvalue weighted by Gasteiger charge is 2.40. The molecular weight excluding hydrogens is 293 g/mol. The van der Waals surface area contributed by atoms with Crippen LogP contribution in [0.5, 0.6) is 5.75 Å². The number of oxime groups is 1. The topological polar surface area (TPSA) is 30.8 Å². The van der Waals surface area contributed by atoms with Crippen LogP contribution in [0.2, 0.25) is 0 Å². The molecule has 0 bridgehead atoms. The van der Waals surface area contributed by atoms with E-state index in [2.05, 4.69) is 5.16 Å². The molecule has 0 amide bonds. The summed E-state index contributed by atoms with van der Waals surface area (Å²) in [7, 11) is 0. The smallest absolute Gasteiger partial charge is 0.151 e. The molecule has 4 heteroatoms. The summed E-state index contributed by atoms with van der Waals surface area (Å²) >= 11 is 0. The van der Waals surface area contributed by atoms with E-state index in [-0.39, 0.29) is 5.82 Å². The van der Waals surface area contributed by atoms with Gasteiger partial charge in [0.05, 0.1) is 5.71 Å². The van der Waals surface area contributed by atoms with E-state index in [1.807, 2.05) is 49.4 Å². The Kier molecular flexibility index (Phi) is 4.91. The Morgan fingerprint density at radius 1 is 1.09 bits per heavy atom. The fraction of sp³-hybridized carbons (Fsp3) is 0.316. The van der Waals surface area contributed by atoms with Gasteiger partial charge in [-0.25, -0.2) is 4.39 Å². The van der Waals surface area contributed by atoms with Gasteiger partial charge in [-0.2, -0.15) is 0 Å². The monoisotopic (exact) mass is 313 g/mol. The summed E-state index contributed by atoms with van der Waals surface area (Å²) in [4.78, 5) is 5.32. The van der Waals surface area contributed by atoms with Crippen molar-refractivity contribution in [1.82, 2.24) is 0 Å². The van der Waals surface area contributed by atoms with Gasteiger partial charge in [-0.05, 0) is 49.1 Å². The minimum atomic E-state index is -0.196. The third kappa shape index (κ3) is 4.31. The van der Waals surface area contributed by atoms with E-state index in [0.717, 1.165) is 17.9 Å². The Morgan fingerprint density at radius 3 is 2.57 bits per heavy atom. The normalized spacial score (nSPS) is 20.2. The minimum absolute atomic E-state index is 0.196. The van der Waals surface area contributed by atoms with Crippen molar-refractivity contribution in [1.29, 1.82) is 0 Å². The van der Waals surface area contributed by atoms with Crippen LogP contribution in [0.4, 0.5) is 4.39 Å². The molecule has 2 aromatic carbocycles. The van der Waals surface area contributed by atoms with Crippen LogP contribution in [0.15, 0.2) is 59.8 Å². The molecule has 3 nitrogen and oxygen atoms in total. The fourth-order valence-corrected chi connectivity index (χ4v) is 2.66. The molecule has 0 saturated heterocycles. The first-order valence-corrected chi connectivity index (χ1v) is 7.84. The lowest BCUT2D eigenvalue weighted by Crippen LogP contribution is -2.06. The first-order chi connectivity index (χ1) is 11.2. The highest BCUT2D eigenvalue weighted by Crippen LogP contribution is 2.48. The molecule has 3 rings (SSSR count). The van der Waals surface area contributed by atoms with Crippen molar-refractivity contribution in [2.24, 2.45) is 11.1 Å². The van der Waals surface area contributed by atoms with Crippen molar-refractivity contribution in [3.63, 3.8) is 0 Å². The Balaban J connectivity index is 1.40. The van der Waals surface area contributed by atoms with Crippen molar-refractivity contribution in [3.8, 4) is 5.75 Å². The van der Waals surface area contributed by atoms with E-state index in [1.54, 1.807) is 0 Å². The predicted molar refractivity (Wildman–Crippen MR) is 88.2 cm³/mol. The molecule has 0 unspecified atom stereocenters. The third-order valence-corrected chi connectivity index (χ3v) is 4.02. The lowest BCUT2D eigenvalue weighted by molar-refractivity contribution is 0.106. The summed E-state index contributed by atoms with van der Waals surface area (Å²) in [5, 5.41) is 4.17. The molecule has 1 aliphatic rings. The maximum atomic E-state index is 12.9. The number of para-hydroxylation sites is 1. The molecular formula is C19H20FNO2. The molecule has 1 saturated carbocycles. The van der Waals surface area contributed by atoms with Gasteiger partial charge >= 0.3 is 0 Å². The summed E-state index contributed by atoms with van der Waals surface area (Å²) in [6.45, 7) is 2.86. The maximum Gasteiger partial charge on any atom is 0.151 e. The standard InChI is InChI=1S/C19H20FNO2/c1-14(18-13-19(18)15-7-9-16(20)10-8-15)21-23-12-11-22-17-5-3-2-4-6-17/h2-10,18-19H,11-13H2,1H3/b21-14-/t18-,19+/m1/s1. The van der Waals surface area contributed by atoms with E-state index in [0.29, 0.717) is 25.0 Å². The van der Waals surface area contributed by atoms with Crippen molar-refractivity contribution in [2.75, 3.05) is 13.2 Å². The number of rotatable bonds is 7. The quantitative estimate of drug-likeness (QED) is 0.431. The summed E-state index contributed by atoms with van der Waals surface area (Å²) < 4.78 is 18.5. The molecule has 0 spiro atoms. The lowest BCUT2D eigenvalue weighted by atomic mass is 10.1. The summed E-state index contributed by atoms with van der Waals surface area (Å²) in [6.07, 6.45) is 1.05. The zero-order valence-corrected chi connectivity index (χ0v) is 13.1. The second kappa shape index (κ2) is 7.27. The van der Waals surface area contributed by atoms with Crippen LogP contribution < -0.4 is 4.74 Å². The van der Waals surface area contributed by atoms with Gasteiger partial charge in [0.1, 0.15) is 18.2 Å². The summed E-state index contributed by atoms with van der Waals surface area (Å²) in [6, 6.07) is 16.3. The van der Waals surface area contributed by atoms with Gasteiger partial charge in [0.15, 0.2) is 6.61 Å². The average Bonchev–Trinajstić information content (AvgIpc) is 3.37. The average molecular weight is 313 g/mol. The summed E-state index contributed by atoms with van der Waals surface area (Å²) in [5.74, 6) is 1.47. The van der Waals surface area contributed by atoms with Gasteiger partial charge in [-0.3, -0.25) is 0 Å². The van der Waals surface area contributed by atoms with Crippen LogP contribution in [-0.2, 0) is 4.84 Å². The zero-order chi connectivity index (χ0) is 16.1. The molecule has 120 valence electrons. The van der Waals surface area contributed by atoms with Gasteiger partial charge in [0.25, 0.3) is 0 Å². The van der Waals surface area contributed by atoms with Crippen LogP contribution in [0.3, 0.4) is 0 Å². The van der Waals surface area contributed by atoms with Crippen molar-refractivity contribution in [2.45, 2.75) is 19.3 Å². The van der Waals surface area contributed by atoms with E-state index in [9.17, 15) is 4.39 Å². The van der Waals surface area contributed by atoms with Crippen LogP contribution in [-0.4, -0.2) is 18.9 Å². The van der Waals surface area contributed by atoms with E-state index in [1.165, 1.54) is 17.7 Å². The van der Waals surface area contributed by atoms with Crippen molar-refractivity contribution >= 4 is 5.71 Å². The first kappa shape index (κ1) is 15.5. The second-order valence-corrected chi connectivity index (χ2v) is 5.73. The maximum absolute atomic E-state index is 12.9. The van der Waals surface area contributed by atoms with Crippen LogP contribution in [0, 0.1) is 11.7 Å². The van der Waals surface area contributed by atoms with Gasteiger partial charge in [-0.1, -0.05) is 35.5 Å². The minimum Gasteiger partial charge on any atom is -0.490 e. The zero-order valence-electron chi connectivity index (χ0n) is 13.1. The molecule has 1 aliphatic carbocycles. The number of hydrogen-bond donors (Lipinski definition) is 0. The van der Waals surface area contributed by atoms with Crippen molar-refractivity contribution in [3.05, 3.63) is 66.0 Å². The molecule has 1 fully saturated rings. The number of ether oxygens (including phenoxy) is 1. The van der Waals surface area contributed by atoms with Gasteiger partial charge in [0, 0.05) is 5.92 Å². The Bertz CT molecular complexity index is 655. The Labute approximate surface area is 135 Å². The Morgan fingerprint density at radius 2 is 1.83 bits per heavy atom. The highest BCUT2D eigenvalue weighted by molar-refractivity contribution is 5.87. The number of benzene rings is 2. The summed E-state index contributed by atoms with van der Waals surface area (Å²) in [5.41, 5.74) is 2.15. The second-order valence-electron chi connectivity index (χ2n) is 5.73. The third-order valence-electron chi connectivity index (χ3n) is 4.02. The number of hydrogen-bond acceptors (Lipinski definition) is 3. The lowest BCUT2D eigenvalue weighted by Gasteiger charge is -2.05. The van der Waals surface area contributed by atoms with Crippen molar-refractivity contribution < 1.29 is 14.0 Å². The predicted octanol–water partition coefficient (Wildman–Crippen LogP) is 4.40. The number of nitrogens with zero attached hydrogens (tertiary/aromatic N) is 1. The molecule has 2 atom stereocenters. The molecule has 0 radical (unpaired) electrons. The highest BCUT2D eigenvalue weighted by atomic mass is 19.1. The first-order valence-electron chi connectivity index (χ1n) is 7.84. The van der Waals surface area contributed by atoms with Crippen LogP contribution in [0.25, 0.3) is 0 Å². The van der Waals surface area contributed by atoms with E-state index in [4.69, 9.17) is 9.57 Å². The molecule has 2 aromatic rings.